The number of aliphatic hydroxyl groups is 1. The van der Waals surface area contributed by atoms with E-state index in [-0.39, 0.29) is 5.15 Å². The number of rotatable bonds is 5. The molecule has 0 fully saturated rings. The first-order valence-corrected chi connectivity index (χ1v) is 18.0. The van der Waals surface area contributed by atoms with Crippen LogP contribution in [0.5, 0.6) is 0 Å². The summed E-state index contributed by atoms with van der Waals surface area (Å²) in [5, 5.41) is 10.6. The van der Waals surface area contributed by atoms with Crippen LogP contribution in [-0.4, -0.2) is 11.9 Å². The molecule has 0 atom stereocenters. The summed E-state index contributed by atoms with van der Waals surface area (Å²) in [7, 11) is 0. The lowest BCUT2D eigenvalue weighted by atomic mass is 10.2. The largest absolute Gasteiger partial charge is 0.369 e. The molecule has 0 radical (unpaired) electrons. The van der Waals surface area contributed by atoms with Gasteiger partial charge in [0.15, 0.2) is 1.61 Å². The summed E-state index contributed by atoms with van der Waals surface area (Å²) in [5.74, 6) is 0. The minimum atomic E-state index is -0.846. The molecule has 0 unspecified atom stereocenters. The van der Waals surface area contributed by atoms with Crippen molar-refractivity contribution in [3.63, 3.8) is 0 Å². The molecular formula is C6HI13O. The molecule has 0 aromatic rings. The van der Waals surface area contributed by atoms with Gasteiger partial charge in [0.05, 0.1) is 0 Å². The van der Waals surface area contributed by atoms with Crippen molar-refractivity contribution in [3.8, 4) is 0 Å². The Morgan fingerprint density at radius 1 is 0.400 bits per heavy atom. The highest BCUT2D eigenvalue weighted by Gasteiger charge is 2.72. The van der Waals surface area contributed by atoms with Crippen LogP contribution in [0.1, 0.15) is 0 Å². The second kappa shape index (κ2) is 10.4. The van der Waals surface area contributed by atoms with Crippen LogP contribution < -0.4 is 0 Å². The van der Waals surface area contributed by atoms with E-state index in [0.29, 0.717) is 0 Å². The molecule has 0 aliphatic carbocycles. The summed E-state index contributed by atoms with van der Waals surface area (Å²) in [6, 6.07) is 0. The predicted octanol–water partition coefficient (Wildman–Crippen LogP) is 9.73. The first kappa shape index (κ1) is 29.5. The van der Waals surface area contributed by atoms with Crippen LogP contribution in [0, 0.1) is 0 Å². The zero-order valence-electron chi connectivity index (χ0n) is 8.36. The van der Waals surface area contributed by atoms with E-state index in [9.17, 15) is 5.11 Å². The van der Waals surface area contributed by atoms with E-state index in [1.165, 1.54) is 0 Å². The van der Waals surface area contributed by atoms with Gasteiger partial charge >= 0.3 is 0 Å². The highest BCUT2D eigenvalue weighted by molar-refractivity contribution is 14.3. The molecule has 0 heterocycles. The lowest BCUT2D eigenvalue weighted by Crippen LogP contribution is -2.62. The Morgan fingerprint density at radius 2 is 0.650 bits per heavy atom. The fraction of sp³-hybridized carbons (Fsp3) is 1.00. The van der Waals surface area contributed by atoms with E-state index in [0.717, 1.165) is 0 Å². The van der Waals surface area contributed by atoms with Gasteiger partial charge in [0.2, 0.25) is 0 Å². The zero-order valence-corrected chi connectivity index (χ0v) is 36.4. The maximum Gasteiger partial charge on any atom is 0.192 e. The Bertz CT molecular complexity index is 324. The standard InChI is InChI=1S/C6HI13O/c7-1(8,3(11,12)5(15,16)17)2(9,10)4(13,14)6(18,19)20/h20H. The molecule has 0 aliphatic rings. The SMILES string of the molecule is OC(I)(I)C(I)(I)C(I)(I)C(I)(I)C(I)(I)C(I)(I)I. The van der Waals surface area contributed by atoms with E-state index in [2.05, 4.69) is 294 Å². The van der Waals surface area contributed by atoms with Crippen LogP contribution in [0.15, 0.2) is 0 Å². The van der Waals surface area contributed by atoms with E-state index in [4.69, 9.17) is 0 Å². The predicted molar refractivity (Wildman–Crippen MR) is 201 cm³/mol. The average Bonchev–Trinajstić information content (AvgIpc) is 2.12. The molecule has 0 saturated heterocycles. The summed E-state index contributed by atoms with van der Waals surface area (Å²) < 4.78 is -1.47. The third kappa shape index (κ3) is 6.48. The van der Waals surface area contributed by atoms with Gasteiger partial charge in [0, 0.05) is 0 Å². The second-order valence-electron chi connectivity index (χ2n) is 3.34. The van der Waals surface area contributed by atoms with Gasteiger partial charge in [0.25, 0.3) is 0 Å². The molecule has 1 nitrogen and oxygen atoms in total. The second-order valence-corrected chi connectivity index (χ2v) is 40.8. The van der Waals surface area contributed by atoms with Gasteiger partial charge in [-0.15, -0.1) is 0 Å². The Labute approximate surface area is 296 Å². The van der Waals surface area contributed by atoms with Crippen molar-refractivity contribution in [1.82, 2.24) is 0 Å². The van der Waals surface area contributed by atoms with Crippen LogP contribution in [0.25, 0.3) is 0 Å². The zero-order chi connectivity index (χ0) is 17.0. The molecular weight excluding hydrogens is 1740 g/mol. The highest BCUT2D eigenvalue weighted by atomic mass is 127. The summed E-state index contributed by atoms with van der Waals surface area (Å²) in [5.41, 5.74) is 0. The molecule has 0 bridgehead atoms. The van der Waals surface area contributed by atoms with Gasteiger partial charge in [-0.25, -0.2) is 0 Å². The minimum absolute atomic E-state index is 0.0270. The van der Waals surface area contributed by atoms with Gasteiger partial charge in [0.1, 0.15) is 5.15 Å². The maximum absolute atomic E-state index is 10.6. The van der Waals surface area contributed by atoms with Crippen LogP contribution in [0.2, 0.25) is 0 Å². The van der Waals surface area contributed by atoms with Gasteiger partial charge in [-0.05, 0) is 45.2 Å². The van der Waals surface area contributed by atoms with Crippen molar-refractivity contribution in [1.29, 1.82) is 0 Å². The number of hydrogen-bond donors (Lipinski definition) is 1. The van der Waals surface area contributed by atoms with Crippen molar-refractivity contribution < 1.29 is 5.11 Å². The Hall–Kier alpha value is 9.45. The molecule has 0 aliphatic heterocycles. The summed E-state index contributed by atoms with van der Waals surface area (Å²) in [4.78, 5) is 0. The molecule has 0 aromatic heterocycles. The summed E-state index contributed by atoms with van der Waals surface area (Å²) in [6.07, 6.45) is 0. The third-order valence-corrected chi connectivity index (χ3v) is 41.6. The molecule has 0 saturated carbocycles. The molecule has 0 aromatic carbocycles. The van der Waals surface area contributed by atoms with Gasteiger partial charge in [-0.1, -0.05) is 248 Å². The normalized spacial score (nSPS) is 16.5. The molecule has 0 rings (SSSR count). The minimum Gasteiger partial charge on any atom is -0.369 e. The van der Waals surface area contributed by atoms with E-state index in [1.54, 1.807) is 0 Å². The van der Waals surface area contributed by atoms with Crippen LogP contribution in [-0.2, 0) is 0 Å². The fourth-order valence-corrected chi connectivity index (χ4v) is 16.9. The first-order valence-electron chi connectivity index (χ1n) is 3.93. The Morgan fingerprint density at radius 3 is 0.850 bits per heavy atom. The van der Waals surface area contributed by atoms with E-state index >= 15 is 0 Å². The third-order valence-electron chi connectivity index (χ3n) is 1.92. The smallest absolute Gasteiger partial charge is 0.192 e. The maximum atomic E-state index is 10.6. The molecule has 122 valence electrons. The van der Waals surface area contributed by atoms with Crippen LogP contribution >= 0.6 is 294 Å². The monoisotopic (exact) mass is 1740 g/mol. The lowest BCUT2D eigenvalue weighted by molar-refractivity contribution is 0.257. The van der Waals surface area contributed by atoms with Crippen molar-refractivity contribution in [3.05, 3.63) is 0 Å². The number of halogens is 13. The fourth-order valence-electron chi connectivity index (χ4n) is 0.761. The Balaban J connectivity index is 6.08. The summed E-state index contributed by atoms with van der Waals surface area (Å²) in [6.45, 7) is 0. The molecule has 0 amide bonds. The molecule has 1 N–H and O–H groups in total. The highest BCUT2D eigenvalue weighted by Crippen LogP contribution is 2.75. The Kier molecular flexibility index (Phi) is 15.3. The molecule has 0 spiro atoms. The molecule has 20 heavy (non-hydrogen) atoms. The van der Waals surface area contributed by atoms with Crippen LogP contribution in [0.4, 0.5) is 0 Å². The number of hydrogen-bond acceptors (Lipinski definition) is 1. The summed E-state index contributed by atoms with van der Waals surface area (Å²) >= 11 is 31.9. The van der Waals surface area contributed by atoms with Crippen molar-refractivity contribution in [2.24, 2.45) is 0 Å². The van der Waals surface area contributed by atoms with Gasteiger partial charge < -0.3 is 5.11 Å². The topological polar surface area (TPSA) is 20.2 Å². The first-order chi connectivity index (χ1) is 8.25. The van der Waals surface area contributed by atoms with Crippen molar-refractivity contribution in [2.45, 2.75) is 6.76 Å². The van der Waals surface area contributed by atoms with Crippen LogP contribution in [0.3, 0.4) is 0 Å². The van der Waals surface area contributed by atoms with Crippen molar-refractivity contribution >= 4 is 294 Å². The average molecular weight is 1740 g/mol. The van der Waals surface area contributed by atoms with E-state index < -0.39 is 1.61 Å². The van der Waals surface area contributed by atoms with Gasteiger partial charge in [-0.3, -0.25) is 0 Å². The molecule has 14 heteroatoms. The lowest BCUT2D eigenvalue weighted by Gasteiger charge is -2.53. The quantitative estimate of drug-likeness (QED) is 0.215. The number of alkyl halides is 13. The van der Waals surface area contributed by atoms with Gasteiger partial charge in [-0.2, -0.15) is 0 Å². The van der Waals surface area contributed by atoms with Crippen molar-refractivity contribution in [2.75, 3.05) is 0 Å². The van der Waals surface area contributed by atoms with E-state index in [1.807, 2.05) is 0 Å².